The van der Waals surface area contributed by atoms with Crippen LogP contribution in [0.2, 0.25) is 10.0 Å². The Hall–Kier alpha value is -1.72. The molecule has 0 unspecified atom stereocenters. The van der Waals surface area contributed by atoms with E-state index in [1.54, 1.807) is 40.7 Å². The summed E-state index contributed by atoms with van der Waals surface area (Å²) >= 11 is 14.4. The van der Waals surface area contributed by atoms with Crippen LogP contribution in [-0.4, -0.2) is 42.5 Å². The largest absolute Gasteiger partial charge is 0.481 e. The standard InChI is InChI=1S/C27H37Cl2N3O5S2/c1-26(2,3)32-39(36,37)19-12-11-17(20(28)21(19)29)22-18(15-16-9-7-6-8-10-16)31-24(38-22)23(33)30-14-13-27(4,5)25(34)35/h11-12,16,32H,6-10,13-15H2,1-5H3,(H,30,33)(H,34,35). The first kappa shape index (κ1) is 31.8. The third-order valence-electron chi connectivity index (χ3n) is 6.73. The van der Waals surface area contributed by atoms with Gasteiger partial charge >= 0.3 is 5.97 Å². The smallest absolute Gasteiger partial charge is 0.309 e. The first-order valence-electron chi connectivity index (χ1n) is 13.1. The maximum atomic E-state index is 13.0. The number of benzene rings is 1. The maximum absolute atomic E-state index is 13.0. The van der Waals surface area contributed by atoms with Crippen molar-refractivity contribution >= 4 is 56.4 Å². The highest BCUT2D eigenvalue weighted by molar-refractivity contribution is 7.89. The fourth-order valence-corrected chi connectivity index (χ4v) is 7.89. The summed E-state index contributed by atoms with van der Waals surface area (Å²) in [5, 5.41) is 12.3. The molecule has 39 heavy (non-hydrogen) atoms. The average Bonchev–Trinajstić information content (AvgIpc) is 3.23. The minimum Gasteiger partial charge on any atom is -0.481 e. The number of aliphatic carboxylic acids is 1. The zero-order valence-corrected chi connectivity index (χ0v) is 26.1. The molecule has 1 aromatic heterocycles. The molecule has 0 radical (unpaired) electrons. The van der Waals surface area contributed by atoms with E-state index >= 15 is 0 Å². The summed E-state index contributed by atoms with van der Waals surface area (Å²) < 4.78 is 28.5. The number of hydrogen-bond donors (Lipinski definition) is 3. The van der Waals surface area contributed by atoms with Crippen LogP contribution >= 0.6 is 34.5 Å². The van der Waals surface area contributed by atoms with Gasteiger partial charge in [0.25, 0.3) is 5.91 Å². The highest BCUT2D eigenvalue weighted by Crippen LogP contribution is 2.43. The maximum Gasteiger partial charge on any atom is 0.309 e. The molecule has 0 saturated heterocycles. The number of thiazole rings is 1. The van der Waals surface area contributed by atoms with Gasteiger partial charge in [0.15, 0.2) is 5.01 Å². The van der Waals surface area contributed by atoms with Crippen LogP contribution in [-0.2, 0) is 21.2 Å². The molecular formula is C27H37Cl2N3O5S2. The molecule has 8 nitrogen and oxygen atoms in total. The van der Waals surface area contributed by atoms with Crippen molar-refractivity contribution in [1.29, 1.82) is 0 Å². The highest BCUT2D eigenvalue weighted by Gasteiger charge is 2.30. The molecule has 1 aliphatic rings. The summed E-state index contributed by atoms with van der Waals surface area (Å²) in [5.41, 5.74) is -0.433. The Labute approximate surface area is 244 Å². The highest BCUT2D eigenvalue weighted by atomic mass is 35.5. The lowest BCUT2D eigenvalue weighted by atomic mass is 9.85. The monoisotopic (exact) mass is 617 g/mol. The number of aromatic nitrogens is 1. The fourth-order valence-electron chi connectivity index (χ4n) is 4.51. The molecule has 3 rings (SSSR count). The summed E-state index contributed by atoms with van der Waals surface area (Å²) in [7, 11) is -3.92. The summed E-state index contributed by atoms with van der Waals surface area (Å²) in [6.45, 7) is 8.61. The molecule has 3 N–H and O–H groups in total. The van der Waals surface area contributed by atoms with Gasteiger partial charge in [-0.2, -0.15) is 0 Å². The summed E-state index contributed by atoms with van der Waals surface area (Å²) in [5.74, 6) is -0.900. The van der Waals surface area contributed by atoms with Crippen LogP contribution < -0.4 is 10.0 Å². The lowest BCUT2D eigenvalue weighted by molar-refractivity contribution is -0.147. The van der Waals surface area contributed by atoms with Crippen LogP contribution in [0.4, 0.5) is 0 Å². The Kier molecular flexibility index (Phi) is 10.1. The second-order valence-electron chi connectivity index (χ2n) is 11.8. The van der Waals surface area contributed by atoms with Crippen LogP contribution in [0.1, 0.15) is 88.6 Å². The van der Waals surface area contributed by atoms with Crippen molar-refractivity contribution in [2.75, 3.05) is 6.54 Å². The third kappa shape index (κ3) is 8.16. The van der Waals surface area contributed by atoms with E-state index in [1.807, 2.05) is 0 Å². The van der Waals surface area contributed by atoms with E-state index in [4.69, 9.17) is 23.2 Å². The number of hydrogen-bond acceptors (Lipinski definition) is 6. The predicted molar refractivity (Wildman–Crippen MR) is 156 cm³/mol. The van der Waals surface area contributed by atoms with Crippen LogP contribution in [0.15, 0.2) is 17.0 Å². The first-order chi connectivity index (χ1) is 18.0. The average molecular weight is 619 g/mol. The van der Waals surface area contributed by atoms with Crippen molar-refractivity contribution in [1.82, 2.24) is 15.0 Å². The van der Waals surface area contributed by atoms with Crippen molar-refractivity contribution in [3.8, 4) is 10.4 Å². The minimum absolute atomic E-state index is 0.0807. The molecule has 1 fully saturated rings. The van der Waals surface area contributed by atoms with E-state index in [-0.39, 0.29) is 32.9 Å². The van der Waals surface area contributed by atoms with Crippen molar-refractivity contribution in [3.63, 3.8) is 0 Å². The number of rotatable bonds is 10. The van der Waals surface area contributed by atoms with Crippen molar-refractivity contribution in [3.05, 3.63) is 32.9 Å². The third-order valence-corrected chi connectivity index (χ3v) is 10.7. The normalized spacial score (nSPS) is 15.4. The molecule has 1 heterocycles. The number of carboxylic acids is 1. The van der Waals surface area contributed by atoms with Crippen LogP contribution in [0.3, 0.4) is 0 Å². The number of carbonyl (C=O) groups is 2. The summed E-state index contributed by atoms with van der Waals surface area (Å²) in [4.78, 5) is 29.6. The van der Waals surface area contributed by atoms with Gasteiger partial charge in [-0.05, 0) is 59.4 Å². The Bertz CT molecular complexity index is 1330. The molecule has 2 aromatic rings. The van der Waals surface area contributed by atoms with E-state index < -0.39 is 32.9 Å². The van der Waals surface area contributed by atoms with Gasteiger partial charge in [-0.3, -0.25) is 9.59 Å². The SMILES string of the molecule is CC(C)(C)NS(=O)(=O)c1ccc(-c2sc(C(=O)NCCC(C)(C)C(=O)O)nc2CC2CCCCC2)c(Cl)c1Cl. The predicted octanol–water partition coefficient (Wildman–Crippen LogP) is 6.55. The number of carboxylic acid groups (broad SMARTS) is 1. The van der Waals surface area contributed by atoms with Gasteiger partial charge in [0.1, 0.15) is 4.90 Å². The quantitative estimate of drug-likeness (QED) is 0.278. The molecule has 1 aliphatic carbocycles. The second kappa shape index (κ2) is 12.4. The van der Waals surface area contributed by atoms with Gasteiger partial charge in [0, 0.05) is 17.6 Å². The topological polar surface area (TPSA) is 125 Å². The first-order valence-corrected chi connectivity index (χ1v) is 16.1. The molecule has 1 aromatic carbocycles. The molecule has 0 atom stereocenters. The van der Waals surface area contributed by atoms with Crippen LogP contribution in [0.5, 0.6) is 0 Å². The fraction of sp³-hybridized carbons (Fsp3) is 0.593. The van der Waals surface area contributed by atoms with Gasteiger partial charge in [-0.25, -0.2) is 18.1 Å². The molecular weight excluding hydrogens is 581 g/mol. The molecule has 12 heteroatoms. The summed E-state index contributed by atoms with van der Waals surface area (Å²) in [6.07, 6.45) is 6.60. The van der Waals surface area contributed by atoms with Gasteiger partial charge in [-0.1, -0.05) is 61.4 Å². The summed E-state index contributed by atoms with van der Waals surface area (Å²) in [6, 6.07) is 3.04. The molecule has 0 aliphatic heterocycles. The Morgan fingerprint density at radius 2 is 1.72 bits per heavy atom. The molecule has 0 bridgehead atoms. The molecule has 216 valence electrons. The van der Waals surface area contributed by atoms with E-state index in [2.05, 4.69) is 15.0 Å². The van der Waals surface area contributed by atoms with Gasteiger partial charge < -0.3 is 10.4 Å². The van der Waals surface area contributed by atoms with Crippen LogP contribution in [0.25, 0.3) is 10.4 Å². The Balaban J connectivity index is 1.96. The molecule has 1 saturated carbocycles. The zero-order valence-electron chi connectivity index (χ0n) is 23.0. The Morgan fingerprint density at radius 1 is 1.08 bits per heavy atom. The zero-order chi connectivity index (χ0) is 29.2. The van der Waals surface area contributed by atoms with E-state index in [1.165, 1.54) is 23.8 Å². The van der Waals surface area contributed by atoms with Gasteiger partial charge in [0.2, 0.25) is 10.0 Å². The van der Waals surface area contributed by atoms with E-state index in [0.717, 1.165) is 31.4 Å². The van der Waals surface area contributed by atoms with Crippen molar-refractivity contribution in [2.24, 2.45) is 11.3 Å². The lowest BCUT2D eigenvalue weighted by Crippen LogP contribution is -2.40. The van der Waals surface area contributed by atoms with Gasteiger partial charge in [0.05, 0.1) is 26.0 Å². The van der Waals surface area contributed by atoms with Crippen molar-refractivity contribution in [2.45, 2.75) is 90.0 Å². The molecule has 0 spiro atoms. The number of sulfonamides is 1. The van der Waals surface area contributed by atoms with Gasteiger partial charge in [-0.15, -0.1) is 11.3 Å². The number of halogens is 2. The van der Waals surface area contributed by atoms with Crippen LogP contribution in [0, 0.1) is 11.3 Å². The number of nitrogens with one attached hydrogen (secondary N) is 2. The van der Waals surface area contributed by atoms with E-state index in [9.17, 15) is 23.1 Å². The Morgan fingerprint density at radius 3 is 2.31 bits per heavy atom. The number of nitrogens with zero attached hydrogens (tertiary/aromatic N) is 1. The van der Waals surface area contributed by atoms with E-state index in [0.29, 0.717) is 22.8 Å². The minimum atomic E-state index is -3.92. The lowest BCUT2D eigenvalue weighted by Gasteiger charge is -2.22. The number of amides is 1. The molecule has 1 amide bonds. The number of carbonyl (C=O) groups excluding carboxylic acids is 1. The second-order valence-corrected chi connectivity index (χ2v) is 15.2. The van der Waals surface area contributed by atoms with Crippen molar-refractivity contribution < 1.29 is 23.1 Å².